The van der Waals surface area contributed by atoms with Crippen LogP contribution >= 0.6 is 11.3 Å². The van der Waals surface area contributed by atoms with Gasteiger partial charge in [0.2, 0.25) is 0 Å². The van der Waals surface area contributed by atoms with Gasteiger partial charge in [-0.25, -0.2) is 9.97 Å². The minimum atomic E-state index is -0.0312. The summed E-state index contributed by atoms with van der Waals surface area (Å²) >= 11 is 1.70. The summed E-state index contributed by atoms with van der Waals surface area (Å²) in [6.07, 6.45) is 1.61. The summed E-state index contributed by atoms with van der Waals surface area (Å²) in [6, 6.07) is 8.03. The first kappa shape index (κ1) is 14.0. The minimum absolute atomic E-state index is 0.0312. The van der Waals surface area contributed by atoms with E-state index in [9.17, 15) is 0 Å². The fraction of sp³-hybridized carbons (Fsp3) is 0.250. The van der Waals surface area contributed by atoms with Crippen molar-refractivity contribution in [2.45, 2.75) is 26.8 Å². The van der Waals surface area contributed by atoms with Gasteiger partial charge >= 0.3 is 0 Å². The van der Waals surface area contributed by atoms with Crippen LogP contribution in [0, 0.1) is 13.8 Å². The zero-order valence-corrected chi connectivity index (χ0v) is 13.2. The summed E-state index contributed by atoms with van der Waals surface area (Å²) in [4.78, 5) is 11.1. The number of hydrogen-bond acceptors (Lipinski definition) is 5. The zero-order chi connectivity index (χ0) is 15.0. The van der Waals surface area contributed by atoms with Gasteiger partial charge in [-0.3, -0.25) is 0 Å². The zero-order valence-electron chi connectivity index (χ0n) is 12.3. The topological polar surface area (TPSA) is 63.8 Å². The maximum Gasteiger partial charge on any atom is 0.142 e. The number of rotatable bonds is 3. The van der Waals surface area contributed by atoms with Crippen LogP contribution in [-0.4, -0.2) is 9.97 Å². The summed E-state index contributed by atoms with van der Waals surface area (Å²) in [5, 5.41) is 4.52. The summed E-state index contributed by atoms with van der Waals surface area (Å²) < 4.78 is 0. The molecule has 3 aromatic rings. The molecule has 1 atom stereocenters. The van der Waals surface area contributed by atoms with Crippen molar-refractivity contribution < 1.29 is 0 Å². The van der Waals surface area contributed by atoms with Crippen molar-refractivity contribution in [3.8, 4) is 0 Å². The molecule has 0 amide bonds. The number of aryl methyl sites for hydroxylation is 2. The van der Waals surface area contributed by atoms with Gasteiger partial charge in [0.15, 0.2) is 0 Å². The Labute approximate surface area is 128 Å². The molecule has 21 heavy (non-hydrogen) atoms. The Kier molecular flexibility index (Phi) is 3.61. The third-order valence-corrected chi connectivity index (χ3v) is 4.79. The number of thiophene rings is 1. The van der Waals surface area contributed by atoms with E-state index in [1.165, 1.54) is 10.4 Å². The number of benzene rings is 1. The highest BCUT2D eigenvalue weighted by atomic mass is 32.1. The number of anilines is 2. The predicted octanol–water partition coefficient (Wildman–Crippen LogP) is 4.07. The average molecular weight is 298 g/mol. The van der Waals surface area contributed by atoms with Gasteiger partial charge in [-0.05, 0) is 38.0 Å². The van der Waals surface area contributed by atoms with E-state index in [1.807, 2.05) is 31.2 Å². The molecule has 3 rings (SSSR count). The van der Waals surface area contributed by atoms with E-state index in [2.05, 4.69) is 29.1 Å². The molecule has 1 aromatic carbocycles. The van der Waals surface area contributed by atoms with E-state index in [0.29, 0.717) is 0 Å². The van der Waals surface area contributed by atoms with E-state index < -0.39 is 0 Å². The normalized spacial score (nSPS) is 12.6. The van der Waals surface area contributed by atoms with Crippen LogP contribution in [-0.2, 0) is 0 Å². The molecule has 0 aliphatic rings. The number of nitrogens with two attached hydrogens (primary N) is 1. The lowest BCUT2D eigenvalue weighted by Crippen LogP contribution is -2.08. The number of para-hydroxylation sites is 1. The van der Waals surface area contributed by atoms with Crippen LogP contribution in [0.4, 0.5) is 11.5 Å². The number of nitrogens with one attached hydrogen (secondary N) is 1. The third-order valence-electron chi connectivity index (χ3n) is 3.67. The SMILES string of the molecule is Cc1sc2ncnc(Nc3ccccc3C(C)N)c2c1C. The Morgan fingerprint density at radius 1 is 1.19 bits per heavy atom. The van der Waals surface area contributed by atoms with E-state index in [4.69, 9.17) is 5.73 Å². The first-order valence-corrected chi connectivity index (χ1v) is 7.72. The van der Waals surface area contributed by atoms with E-state index in [1.54, 1.807) is 17.7 Å². The number of nitrogens with zero attached hydrogens (tertiary/aromatic N) is 2. The smallest absolute Gasteiger partial charge is 0.142 e. The Balaban J connectivity index is 2.11. The van der Waals surface area contributed by atoms with E-state index in [0.717, 1.165) is 27.3 Å². The van der Waals surface area contributed by atoms with Crippen LogP contribution < -0.4 is 11.1 Å². The largest absolute Gasteiger partial charge is 0.339 e. The monoisotopic (exact) mass is 298 g/mol. The third kappa shape index (κ3) is 2.50. The molecule has 0 saturated carbocycles. The standard InChI is InChI=1S/C16H18N4S/c1-9-11(3)21-16-14(9)15(18-8-19-16)20-13-7-5-4-6-12(13)10(2)17/h4-8,10H,17H2,1-3H3,(H,18,19,20). The molecule has 2 heterocycles. The van der Waals surface area contributed by atoms with Gasteiger partial charge < -0.3 is 11.1 Å². The maximum atomic E-state index is 6.04. The molecule has 108 valence electrons. The van der Waals surface area contributed by atoms with Crippen LogP contribution in [0.25, 0.3) is 10.2 Å². The molecule has 4 nitrogen and oxygen atoms in total. The molecule has 3 N–H and O–H groups in total. The highest BCUT2D eigenvalue weighted by Gasteiger charge is 2.13. The van der Waals surface area contributed by atoms with Crippen molar-refractivity contribution in [1.82, 2.24) is 9.97 Å². The van der Waals surface area contributed by atoms with Gasteiger partial charge in [-0.1, -0.05) is 18.2 Å². The highest BCUT2D eigenvalue weighted by molar-refractivity contribution is 7.18. The fourth-order valence-electron chi connectivity index (χ4n) is 2.41. The molecule has 0 spiro atoms. The van der Waals surface area contributed by atoms with Crippen molar-refractivity contribution in [2.24, 2.45) is 5.73 Å². The first-order chi connectivity index (χ1) is 10.1. The quantitative estimate of drug-likeness (QED) is 0.765. The number of hydrogen-bond donors (Lipinski definition) is 2. The predicted molar refractivity (Wildman–Crippen MR) is 89.2 cm³/mol. The minimum Gasteiger partial charge on any atom is -0.339 e. The van der Waals surface area contributed by atoms with Crippen molar-refractivity contribution in [2.75, 3.05) is 5.32 Å². The number of aromatic nitrogens is 2. The maximum absolute atomic E-state index is 6.04. The molecule has 1 unspecified atom stereocenters. The molecule has 5 heteroatoms. The van der Waals surface area contributed by atoms with Crippen LogP contribution in [0.15, 0.2) is 30.6 Å². The molecule has 2 aromatic heterocycles. The first-order valence-electron chi connectivity index (χ1n) is 6.90. The molecular weight excluding hydrogens is 280 g/mol. The Morgan fingerprint density at radius 2 is 1.95 bits per heavy atom. The lowest BCUT2D eigenvalue weighted by molar-refractivity contribution is 0.820. The van der Waals surface area contributed by atoms with Crippen molar-refractivity contribution in [3.05, 3.63) is 46.6 Å². The van der Waals surface area contributed by atoms with Gasteiger partial charge in [-0.2, -0.15) is 0 Å². The second-order valence-electron chi connectivity index (χ2n) is 5.19. The van der Waals surface area contributed by atoms with E-state index in [-0.39, 0.29) is 6.04 Å². The average Bonchev–Trinajstić information content (AvgIpc) is 2.75. The van der Waals surface area contributed by atoms with Gasteiger partial charge in [0.05, 0.1) is 5.39 Å². The van der Waals surface area contributed by atoms with Crippen molar-refractivity contribution in [3.63, 3.8) is 0 Å². The van der Waals surface area contributed by atoms with E-state index >= 15 is 0 Å². The van der Waals surface area contributed by atoms with Crippen molar-refractivity contribution >= 4 is 33.1 Å². The Morgan fingerprint density at radius 3 is 2.71 bits per heavy atom. The molecule has 0 fully saturated rings. The van der Waals surface area contributed by atoms with Crippen LogP contribution in [0.1, 0.15) is 29.0 Å². The van der Waals surface area contributed by atoms with Gasteiger partial charge in [0.1, 0.15) is 17.0 Å². The molecule has 0 aliphatic carbocycles. The van der Waals surface area contributed by atoms with Crippen LogP contribution in [0.5, 0.6) is 0 Å². The fourth-order valence-corrected chi connectivity index (χ4v) is 3.41. The summed E-state index contributed by atoms with van der Waals surface area (Å²) in [7, 11) is 0. The number of fused-ring (bicyclic) bond motifs is 1. The van der Waals surface area contributed by atoms with Crippen LogP contribution in [0.2, 0.25) is 0 Å². The van der Waals surface area contributed by atoms with Gasteiger partial charge in [-0.15, -0.1) is 11.3 Å². The molecule has 0 aliphatic heterocycles. The summed E-state index contributed by atoms with van der Waals surface area (Å²) in [5.74, 6) is 0.843. The van der Waals surface area contributed by atoms with Crippen molar-refractivity contribution in [1.29, 1.82) is 0 Å². The second kappa shape index (κ2) is 5.42. The van der Waals surface area contributed by atoms with Gasteiger partial charge in [0.25, 0.3) is 0 Å². The lowest BCUT2D eigenvalue weighted by Gasteiger charge is -2.14. The second-order valence-corrected chi connectivity index (χ2v) is 6.39. The molecule has 0 radical (unpaired) electrons. The highest BCUT2D eigenvalue weighted by Crippen LogP contribution is 2.34. The Bertz CT molecular complexity index is 792. The lowest BCUT2D eigenvalue weighted by atomic mass is 10.1. The summed E-state index contributed by atoms with van der Waals surface area (Å²) in [5.41, 5.74) is 9.35. The molecule has 0 saturated heterocycles. The summed E-state index contributed by atoms with van der Waals surface area (Å²) in [6.45, 7) is 6.21. The molecule has 0 bridgehead atoms. The molecular formula is C16H18N4S. The van der Waals surface area contributed by atoms with Crippen LogP contribution in [0.3, 0.4) is 0 Å². The van der Waals surface area contributed by atoms with Gasteiger partial charge in [0, 0.05) is 16.6 Å². The Hall–Kier alpha value is -1.98.